The van der Waals surface area contributed by atoms with Gasteiger partial charge in [-0.3, -0.25) is 9.59 Å². The molecule has 1 heterocycles. The third-order valence-corrected chi connectivity index (χ3v) is 2.54. The van der Waals surface area contributed by atoms with Crippen LogP contribution in [0.4, 0.5) is 0 Å². The predicted octanol–water partition coefficient (Wildman–Crippen LogP) is 0.0500. The maximum atomic E-state index is 11.0. The monoisotopic (exact) mass is 233 g/mol. The molecule has 1 aromatic carbocycles. The second-order valence-electron chi connectivity index (χ2n) is 3.65. The molecule has 0 aliphatic rings. The van der Waals surface area contributed by atoms with Crippen molar-refractivity contribution in [3.8, 4) is 0 Å². The topological polar surface area (TPSA) is 109 Å². The first-order valence-corrected chi connectivity index (χ1v) is 5.03. The van der Waals surface area contributed by atoms with Gasteiger partial charge in [-0.15, -0.1) is 0 Å². The molecule has 17 heavy (non-hydrogen) atoms. The number of aromatic nitrogens is 2. The lowest BCUT2D eigenvalue weighted by molar-refractivity contribution is -0.138. The number of carboxylic acids is 1. The van der Waals surface area contributed by atoms with E-state index in [1.165, 1.54) is 0 Å². The zero-order valence-electron chi connectivity index (χ0n) is 8.88. The summed E-state index contributed by atoms with van der Waals surface area (Å²) in [6.07, 6.45) is 1.16. The van der Waals surface area contributed by atoms with Crippen molar-refractivity contribution in [2.24, 2.45) is 5.73 Å². The summed E-state index contributed by atoms with van der Waals surface area (Å²) in [7, 11) is 0. The fraction of sp³-hybridized carbons (Fsp3) is 0.182. The zero-order chi connectivity index (χ0) is 12.4. The van der Waals surface area contributed by atoms with Gasteiger partial charge in [0.15, 0.2) is 0 Å². The average Bonchev–Trinajstić information content (AvgIpc) is 2.29. The quantitative estimate of drug-likeness (QED) is 0.694. The largest absolute Gasteiger partial charge is 0.481 e. The standard InChI is InChI=1S/C11H11N3O3/c12-4-7(11(16)17)6-1-2-8-9(3-6)13-5-10(15)14-8/h1-3,5,7H,4,12H2,(H,14,15)(H,16,17). The van der Waals surface area contributed by atoms with E-state index in [1.54, 1.807) is 18.2 Å². The fourth-order valence-electron chi connectivity index (χ4n) is 1.65. The number of carbonyl (C=O) groups is 1. The Morgan fingerprint density at radius 1 is 1.53 bits per heavy atom. The molecule has 6 nitrogen and oxygen atoms in total. The molecule has 0 aliphatic carbocycles. The molecule has 0 spiro atoms. The molecule has 0 bridgehead atoms. The number of nitrogens with one attached hydrogen (secondary N) is 1. The van der Waals surface area contributed by atoms with Gasteiger partial charge in [0, 0.05) is 6.54 Å². The second kappa shape index (κ2) is 4.34. The van der Waals surface area contributed by atoms with Crippen molar-refractivity contribution in [3.63, 3.8) is 0 Å². The van der Waals surface area contributed by atoms with Crippen LogP contribution in [0.3, 0.4) is 0 Å². The van der Waals surface area contributed by atoms with E-state index in [9.17, 15) is 9.59 Å². The number of rotatable bonds is 3. The zero-order valence-corrected chi connectivity index (χ0v) is 8.88. The van der Waals surface area contributed by atoms with Crippen molar-refractivity contribution in [2.45, 2.75) is 5.92 Å². The summed E-state index contributed by atoms with van der Waals surface area (Å²) in [4.78, 5) is 28.5. The van der Waals surface area contributed by atoms with Gasteiger partial charge in [-0.2, -0.15) is 0 Å². The van der Waals surface area contributed by atoms with Gasteiger partial charge >= 0.3 is 5.97 Å². The Kier molecular flexibility index (Phi) is 2.88. The van der Waals surface area contributed by atoms with E-state index in [2.05, 4.69) is 9.97 Å². The Labute approximate surface area is 96.1 Å². The lowest BCUT2D eigenvalue weighted by Crippen LogP contribution is -2.21. The van der Waals surface area contributed by atoms with E-state index in [0.29, 0.717) is 16.6 Å². The second-order valence-corrected chi connectivity index (χ2v) is 3.65. The van der Waals surface area contributed by atoms with Crippen LogP contribution in [-0.2, 0) is 4.79 Å². The molecule has 0 radical (unpaired) electrons. The number of aliphatic carboxylic acids is 1. The number of nitrogens with zero attached hydrogens (tertiary/aromatic N) is 1. The first kappa shape index (κ1) is 11.3. The molecule has 0 amide bonds. The Morgan fingerprint density at radius 2 is 2.29 bits per heavy atom. The number of hydrogen-bond acceptors (Lipinski definition) is 4. The highest BCUT2D eigenvalue weighted by Crippen LogP contribution is 2.18. The summed E-state index contributed by atoms with van der Waals surface area (Å²) >= 11 is 0. The number of H-pyrrole nitrogens is 1. The summed E-state index contributed by atoms with van der Waals surface area (Å²) in [6.45, 7) is 0.0180. The van der Waals surface area contributed by atoms with Crippen molar-refractivity contribution in [1.29, 1.82) is 0 Å². The predicted molar refractivity (Wildman–Crippen MR) is 61.8 cm³/mol. The molecule has 6 heteroatoms. The van der Waals surface area contributed by atoms with Crippen LogP contribution in [0.25, 0.3) is 11.0 Å². The van der Waals surface area contributed by atoms with Gasteiger partial charge in [0.25, 0.3) is 5.56 Å². The van der Waals surface area contributed by atoms with Gasteiger partial charge in [0.2, 0.25) is 0 Å². The van der Waals surface area contributed by atoms with E-state index in [4.69, 9.17) is 10.8 Å². The highest BCUT2D eigenvalue weighted by molar-refractivity contribution is 5.80. The summed E-state index contributed by atoms with van der Waals surface area (Å²) in [5, 5.41) is 8.98. The molecule has 1 aromatic heterocycles. The van der Waals surface area contributed by atoms with Crippen LogP contribution in [0.1, 0.15) is 11.5 Å². The molecule has 0 aliphatic heterocycles. The van der Waals surface area contributed by atoms with E-state index < -0.39 is 11.9 Å². The first-order chi connectivity index (χ1) is 8.11. The SMILES string of the molecule is NCC(C(=O)O)c1ccc2[nH]c(=O)cnc2c1. The van der Waals surface area contributed by atoms with E-state index in [1.807, 2.05) is 0 Å². The van der Waals surface area contributed by atoms with Crippen molar-refractivity contribution in [2.75, 3.05) is 6.54 Å². The lowest BCUT2D eigenvalue weighted by Gasteiger charge is -2.10. The third kappa shape index (κ3) is 2.16. The fourth-order valence-corrected chi connectivity index (χ4v) is 1.65. The summed E-state index contributed by atoms with van der Waals surface area (Å²) in [5.74, 6) is -1.73. The van der Waals surface area contributed by atoms with Gasteiger partial charge in [0.1, 0.15) is 0 Å². The molecule has 2 rings (SSSR count). The Hall–Kier alpha value is -2.21. The van der Waals surface area contributed by atoms with Crippen molar-refractivity contribution >= 4 is 17.0 Å². The molecule has 1 unspecified atom stereocenters. The van der Waals surface area contributed by atoms with Gasteiger partial charge in [-0.25, -0.2) is 4.98 Å². The van der Waals surface area contributed by atoms with Crippen LogP contribution in [0.5, 0.6) is 0 Å². The molecule has 1 atom stereocenters. The average molecular weight is 233 g/mol. The van der Waals surface area contributed by atoms with Crippen molar-refractivity contribution in [3.05, 3.63) is 40.3 Å². The summed E-state index contributed by atoms with van der Waals surface area (Å²) in [5.41, 5.74) is 6.81. The number of carboxylic acid groups (broad SMARTS) is 1. The number of nitrogens with two attached hydrogens (primary N) is 1. The molecule has 88 valence electrons. The minimum atomic E-state index is -0.976. The molecule has 0 saturated carbocycles. The van der Waals surface area contributed by atoms with Gasteiger partial charge in [0.05, 0.1) is 23.1 Å². The van der Waals surface area contributed by atoms with Crippen LogP contribution in [0.15, 0.2) is 29.2 Å². The molecule has 0 fully saturated rings. The Balaban J connectivity index is 2.54. The molecule has 4 N–H and O–H groups in total. The van der Waals surface area contributed by atoms with Crippen molar-refractivity contribution < 1.29 is 9.90 Å². The maximum absolute atomic E-state index is 11.0. The van der Waals surface area contributed by atoms with Crippen LogP contribution in [0.2, 0.25) is 0 Å². The maximum Gasteiger partial charge on any atom is 0.312 e. The minimum Gasteiger partial charge on any atom is -0.481 e. The number of benzene rings is 1. The van der Waals surface area contributed by atoms with Crippen LogP contribution >= 0.6 is 0 Å². The van der Waals surface area contributed by atoms with E-state index >= 15 is 0 Å². The first-order valence-electron chi connectivity index (χ1n) is 5.03. The normalized spacial score (nSPS) is 12.5. The molecular weight excluding hydrogens is 222 g/mol. The Morgan fingerprint density at radius 3 is 2.94 bits per heavy atom. The van der Waals surface area contributed by atoms with E-state index in [0.717, 1.165) is 6.20 Å². The molecule has 0 saturated heterocycles. The number of fused-ring (bicyclic) bond motifs is 1. The van der Waals surface area contributed by atoms with Crippen LogP contribution in [0, 0.1) is 0 Å². The smallest absolute Gasteiger partial charge is 0.312 e. The Bertz CT molecular complexity index is 621. The lowest BCUT2D eigenvalue weighted by atomic mass is 9.99. The van der Waals surface area contributed by atoms with E-state index in [-0.39, 0.29) is 12.1 Å². The van der Waals surface area contributed by atoms with Gasteiger partial charge in [-0.1, -0.05) is 6.07 Å². The minimum absolute atomic E-state index is 0.0180. The molecular formula is C11H11N3O3. The number of hydrogen-bond donors (Lipinski definition) is 3. The van der Waals surface area contributed by atoms with Crippen LogP contribution in [-0.4, -0.2) is 27.6 Å². The van der Waals surface area contributed by atoms with Gasteiger partial charge < -0.3 is 15.8 Å². The third-order valence-electron chi connectivity index (χ3n) is 2.54. The molecule has 2 aromatic rings. The highest BCUT2D eigenvalue weighted by Gasteiger charge is 2.18. The van der Waals surface area contributed by atoms with Gasteiger partial charge in [-0.05, 0) is 17.7 Å². The highest BCUT2D eigenvalue weighted by atomic mass is 16.4. The van der Waals surface area contributed by atoms with Crippen LogP contribution < -0.4 is 11.3 Å². The summed E-state index contributed by atoms with van der Waals surface area (Å²) in [6, 6.07) is 4.88. The van der Waals surface area contributed by atoms with Crippen molar-refractivity contribution in [1.82, 2.24) is 9.97 Å². The summed E-state index contributed by atoms with van der Waals surface area (Å²) < 4.78 is 0. The number of aromatic amines is 1.